The molecule has 0 aliphatic rings. The Bertz CT molecular complexity index is 1270. The average Bonchev–Trinajstić information content (AvgIpc) is 3.22. The summed E-state index contributed by atoms with van der Waals surface area (Å²) in [5, 5.41) is 20.9. The molecule has 0 saturated heterocycles. The van der Waals surface area contributed by atoms with Crippen LogP contribution in [0, 0.1) is 21.4 Å². The van der Waals surface area contributed by atoms with Gasteiger partial charge in [-0.25, -0.2) is 0 Å². The fraction of sp³-hybridized carbons (Fsp3) is 0. The molecule has 2 aromatic heterocycles. The summed E-state index contributed by atoms with van der Waals surface area (Å²) in [7, 11) is 0. The van der Waals surface area contributed by atoms with Gasteiger partial charge in [0.05, 0.1) is 20.8 Å². The van der Waals surface area contributed by atoms with Gasteiger partial charge in [0.1, 0.15) is 11.6 Å². The zero-order valence-corrected chi connectivity index (χ0v) is 14.5. The third-order valence-corrected chi connectivity index (χ3v) is 4.98. The summed E-state index contributed by atoms with van der Waals surface area (Å²) in [4.78, 5) is 28.2. The average molecular weight is 374 g/mol. The second-order valence-electron chi connectivity index (χ2n) is 5.72. The van der Waals surface area contributed by atoms with Crippen LogP contribution in [0.25, 0.3) is 27.0 Å². The first-order chi connectivity index (χ1) is 13.1. The van der Waals surface area contributed by atoms with Crippen LogP contribution in [0.15, 0.2) is 65.0 Å². The van der Waals surface area contributed by atoms with Crippen molar-refractivity contribution < 1.29 is 4.92 Å². The number of nitro groups is 1. The molecule has 0 bridgehead atoms. The molecule has 0 unspecified atom stereocenters. The van der Waals surface area contributed by atoms with Gasteiger partial charge in [0, 0.05) is 29.4 Å². The van der Waals surface area contributed by atoms with Crippen molar-refractivity contribution in [2.24, 2.45) is 0 Å². The number of nitro benzene ring substituents is 1. The minimum absolute atomic E-state index is 0.00592. The van der Waals surface area contributed by atoms with E-state index in [0.29, 0.717) is 11.2 Å². The van der Waals surface area contributed by atoms with E-state index in [9.17, 15) is 20.2 Å². The van der Waals surface area contributed by atoms with E-state index in [1.807, 2.05) is 24.3 Å². The van der Waals surface area contributed by atoms with Gasteiger partial charge >= 0.3 is 0 Å². The molecular formula is C19H10N4O3S. The van der Waals surface area contributed by atoms with E-state index < -0.39 is 10.5 Å². The molecule has 130 valence electrons. The van der Waals surface area contributed by atoms with Crippen LogP contribution < -0.4 is 5.56 Å². The van der Waals surface area contributed by atoms with Gasteiger partial charge in [-0.05, 0) is 29.8 Å². The Morgan fingerprint density at radius 1 is 1.15 bits per heavy atom. The normalized spacial score (nSPS) is 10.6. The topological polar surface area (TPSA) is 102 Å². The predicted octanol–water partition coefficient (Wildman–Crippen LogP) is 3.89. The van der Waals surface area contributed by atoms with Crippen LogP contribution in [0.5, 0.6) is 0 Å². The van der Waals surface area contributed by atoms with E-state index in [-0.39, 0.29) is 11.3 Å². The lowest BCUT2D eigenvalue weighted by Gasteiger charge is -2.12. The molecule has 0 saturated carbocycles. The number of aromatic nitrogens is 2. The van der Waals surface area contributed by atoms with Gasteiger partial charge in [-0.3, -0.25) is 24.5 Å². The third kappa shape index (κ3) is 2.86. The standard InChI is InChI=1S/C19H10N4O3S/c20-9-14-7-12-1-2-13(18-10-21-11-27-18)8-17(12)22(19(14)24)15-3-5-16(6-4-15)23(25)26/h1-8,10-11H. The number of nitrogens with zero attached hydrogens (tertiary/aromatic N) is 4. The number of nitriles is 1. The van der Waals surface area contributed by atoms with Crippen LogP contribution in [-0.4, -0.2) is 14.5 Å². The molecule has 2 aromatic carbocycles. The van der Waals surface area contributed by atoms with Crippen LogP contribution >= 0.6 is 11.3 Å². The minimum Gasteiger partial charge on any atom is -0.276 e. The molecule has 2 heterocycles. The number of non-ortho nitro benzene ring substituents is 1. The number of hydrogen-bond acceptors (Lipinski definition) is 6. The molecule has 0 N–H and O–H groups in total. The maximum absolute atomic E-state index is 12.8. The van der Waals surface area contributed by atoms with E-state index in [0.717, 1.165) is 15.8 Å². The lowest BCUT2D eigenvalue weighted by Crippen LogP contribution is -2.21. The van der Waals surface area contributed by atoms with E-state index in [1.54, 1.807) is 17.8 Å². The fourth-order valence-corrected chi connectivity index (χ4v) is 3.50. The zero-order chi connectivity index (χ0) is 19.0. The maximum atomic E-state index is 12.8. The molecule has 0 radical (unpaired) electrons. The van der Waals surface area contributed by atoms with Crippen molar-refractivity contribution in [1.29, 1.82) is 5.26 Å². The quantitative estimate of drug-likeness (QED) is 0.400. The van der Waals surface area contributed by atoms with Crippen LogP contribution in [-0.2, 0) is 0 Å². The molecule has 27 heavy (non-hydrogen) atoms. The van der Waals surface area contributed by atoms with Gasteiger partial charge in [0.15, 0.2) is 0 Å². The highest BCUT2D eigenvalue weighted by atomic mass is 32.1. The van der Waals surface area contributed by atoms with Crippen molar-refractivity contribution in [3.05, 3.63) is 86.3 Å². The molecular weight excluding hydrogens is 364 g/mol. The number of rotatable bonds is 3. The molecule has 0 spiro atoms. The summed E-state index contributed by atoms with van der Waals surface area (Å²) in [6, 6.07) is 14.7. The van der Waals surface area contributed by atoms with Gasteiger partial charge in [-0.1, -0.05) is 12.1 Å². The molecule has 7 nitrogen and oxygen atoms in total. The number of pyridine rings is 1. The van der Waals surface area contributed by atoms with E-state index >= 15 is 0 Å². The van der Waals surface area contributed by atoms with Gasteiger partial charge in [-0.2, -0.15) is 5.26 Å². The van der Waals surface area contributed by atoms with Crippen molar-refractivity contribution in [2.45, 2.75) is 0 Å². The largest absolute Gasteiger partial charge is 0.276 e. The minimum atomic E-state index is -0.502. The summed E-state index contributed by atoms with van der Waals surface area (Å²) in [6.45, 7) is 0. The summed E-state index contributed by atoms with van der Waals surface area (Å²) in [5.74, 6) is 0. The monoisotopic (exact) mass is 374 g/mol. The van der Waals surface area contributed by atoms with E-state index in [4.69, 9.17) is 0 Å². The molecule has 0 aliphatic heterocycles. The number of benzene rings is 2. The van der Waals surface area contributed by atoms with Gasteiger partial charge in [-0.15, -0.1) is 11.3 Å². The highest BCUT2D eigenvalue weighted by Gasteiger charge is 2.14. The Morgan fingerprint density at radius 3 is 2.56 bits per heavy atom. The van der Waals surface area contributed by atoms with Crippen LogP contribution in [0.2, 0.25) is 0 Å². The maximum Gasteiger partial charge on any atom is 0.273 e. The number of hydrogen-bond donors (Lipinski definition) is 0. The predicted molar refractivity (Wildman–Crippen MR) is 102 cm³/mol. The Morgan fingerprint density at radius 2 is 1.93 bits per heavy atom. The van der Waals surface area contributed by atoms with Gasteiger partial charge in [0.2, 0.25) is 0 Å². The second-order valence-corrected chi connectivity index (χ2v) is 6.61. The fourth-order valence-electron chi connectivity index (χ4n) is 2.88. The smallest absolute Gasteiger partial charge is 0.273 e. The van der Waals surface area contributed by atoms with Crippen molar-refractivity contribution in [3.63, 3.8) is 0 Å². The van der Waals surface area contributed by atoms with Gasteiger partial charge < -0.3 is 0 Å². The lowest BCUT2D eigenvalue weighted by atomic mass is 10.1. The molecule has 0 amide bonds. The zero-order valence-electron chi connectivity index (χ0n) is 13.7. The van der Waals surface area contributed by atoms with Crippen LogP contribution in [0.3, 0.4) is 0 Å². The van der Waals surface area contributed by atoms with Crippen LogP contribution in [0.1, 0.15) is 5.56 Å². The first kappa shape index (κ1) is 16.6. The van der Waals surface area contributed by atoms with Crippen molar-refractivity contribution in [2.75, 3.05) is 0 Å². The molecule has 8 heteroatoms. The van der Waals surface area contributed by atoms with E-state index in [1.165, 1.54) is 40.2 Å². The van der Waals surface area contributed by atoms with Crippen molar-refractivity contribution in [3.8, 4) is 22.2 Å². The molecule has 0 atom stereocenters. The lowest BCUT2D eigenvalue weighted by molar-refractivity contribution is -0.384. The molecule has 0 fully saturated rings. The Hall–Kier alpha value is -3.83. The van der Waals surface area contributed by atoms with Crippen molar-refractivity contribution >= 4 is 27.9 Å². The summed E-state index contributed by atoms with van der Waals surface area (Å²) < 4.78 is 1.40. The van der Waals surface area contributed by atoms with Crippen molar-refractivity contribution in [1.82, 2.24) is 9.55 Å². The highest BCUT2D eigenvalue weighted by Crippen LogP contribution is 2.28. The third-order valence-electron chi connectivity index (χ3n) is 4.16. The first-order valence-electron chi connectivity index (χ1n) is 7.82. The SMILES string of the molecule is N#Cc1cc2ccc(-c3cncs3)cc2n(-c2ccc([N+](=O)[O-])cc2)c1=O. The summed E-state index contributed by atoms with van der Waals surface area (Å²) in [5.41, 5.74) is 3.14. The van der Waals surface area contributed by atoms with Crippen LogP contribution in [0.4, 0.5) is 5.69 Å². The Balaban J connectivity index is 2.02. The molecule has 0 aliphatic carbocycles. The second kappa shape index (κ2) is 6.48. The molecule has 4 aromatic rings. The highest BCUT2D eigenvalue weighted by molar-refractivity contribution is 7.13. The van der Waals surface area contributed by atoms with E-state index in [2.05, 4.69) is 4.98 Å². The number of fused-ring (bicyclic) bond motifs is 1. The Labute approximate surface area is 156 Å². The molecule has 4 rings (SSSR count). The van der Waals surface area contributed by atoms with Gasteiger partial charge in [0.25, 0.3) is 11.2 Å². The summed E-state index contributed by atoms with van der Waals surface area (Å²) >= 11 is 1.48. The number of thiazole rings is 1. The Kier molecular flexibility index (Phi) is 3.99. The first-order valence-corrected chi connectivity index (χ1v) is 8.70. The summed E-state index contributed by atoms with van der Waals surface area (Å²) in [6.07, 6.45) is 1.74.